The van der Waals surface area contributed by atoms with E-state index < -0.39 is 4.92 Å². The van der Waals surface area contributed by atoms with Crippen LogP contribution in [0.5, 0.6) is 0 Å². The monoisotopic (exact) mass is 275 g/mol. The number of aromatic nitrogens is 2. The fourth-order valence-corrected chi connectivity index (χ4v) is 2.76. The summed E-state index contributed by atoms with van der Waals surface area (Å²) in [5.41, 5.74) is 7.61. The first-order valence-corrected chi connectivity index (χ1v) is 6.67. The number of piperidine rings is 1. The van der Waals surface area contributed by atoms with Gasteiger partial charge >= 0.3 is 0 Å². The molecule has 0 bridgehead atoms. The largest absolute Gasteiger partial charge is 0.341 e. The maximum atomic E-state index is 10.8. The van der Waals surface area contributed by atoms with Gasteiger partial charge in [0, 0.05) is 38.3 Å². The predicted molar refractivity (Wildman–Crippen MR) is 76.8 cm³/mol. The first-order valence-electron chi connectivity index (χ1n) is 6.67. The molecule has 1 aliphatic rings. The van der Waals surface area contributed by atoms with E-state index >= 15 is 0 Å². The summed E-state index contributed by atoms with van der Waals surface area (Å²) >= 11 is 0. The lowest BCUT2D eigenvalue weighted by Gasteiger charge is -2.31. The Bertz CT molecular complexity index is 666. The van der Waals surface area contributed by atoms with Crippen molar-refractivity contribution in [2.45, 2.75) is 18.9 Å². The van der Waals surface area contributed by atoms with E-state index in [-0.39, 0.29) is 11.7 Å². The second-order valence-corrected chi connectivity index (χ2v) is 5.25. The van der Waals surface area contributed by atoms with Gasteiger partial charge in [0.1, 0.15) is 0 Å². The molecule has 0 amide bonds. The Morgan fingerprint density at radius 1 is 1.50 bits per heavy atom. The second kappa shape index (κ2) is 4.75. The number of hydrogen-bond donors (Lipinski definition) is 1. The van der Waals surface area contributed by atoms with E-state index in [1.54, 1.807) is 6.07 Å². The van der Waals surface area contributed by atoms with E-state index in [1.165, 1.54) is 12.1 Å². The fraction of sp³-hybridized carbons (Fsp3) is 0.462. The van der Waals surface area contributed by atoms with Crippen molar-refractivity contribution >= 4 is 22.7 Å². The highest BCUT2D eigenvalue weighted by Gasteiger charge is 2.22. The van der Waals surface area contributed by atoms with E-state index in [0.29, 0.717) is 5.52 Å². The number of benzene rings is 1. The van der Waals surface area contributed by atoms with E-state index in [0.717, 1.165) is 37.4 Å². The number of nitro benzene ring substituents is 1. The molecule has 1 saturated heterocycles. The van der Waals surface area contributed by atoms with Crippen LogP contribution in [-0.2, 0) is 7.05 Å². The SMILES string of the molecule is Cn1c(N2CCCC(N)C2)nc2cc([N+](=O)[O-])ccc21. The Hall–Kier alpha value is -2.15. The van der Waals surface area contributed by atoms with Gasteiger partial charge in [0.25, 0.3) is 5.69 Å². The summed E-state index contributed by atoms with van der Waals surface area (Å²) in [5, 5.41) is 10.8. The van der Waals surface area contributed by atoms with E-state index in [4.69, 9.17) is 5.73 Å². The molecule has 0 spiro atoms. The molecule has 7 heteroatoms. The van der Waals surface area contributed by atoms with Crippen molar-refractivity contribution in [3.8, 4) is 0 Å². The van der Waals surface area contributed by atoms with Crippen LogP contribution >= 0.6 is 0 Å². The van der Waals surface area contributed by atoms with E-state index in [2.05, 4.69) is 9.88 Å². The van der Waals surface area contributed by atoms with Crippen molar-refractivity contribution in [1.82, 2.24) is 9.55 Å². The Kier molecular flexibility index (Phi) is 3.06. The van der Waals surface area contributed by atoms with Crippen LogP contribution in [0, 0.1) is 10.1 Å². The van der Waals surface area contributed by atoms with Gasteiger partial charge in [0.05, 0.1) is 16.0 Å². The van der Waals surface area contributed by atoms with Gasteiger partial charge in [-0.05, 0) is 18.9 Å². The minimum atomic E-state index is -0.398. The molecule has 7 nitrogen and oxygen atoms in total. The first kappa shape index (κ1) is 12.9. The Balaban J connectivity index is 2.03. The third-order valence-corrected chi connectivity index (χ3v) is 3.79. The Labute approximate surface area is 116 Å². The van der Waals surface area contributed by atoms with Crippen LogP contribution in [0.3, 0.4) is 0 Å². The Morgan fingerprint density at radius 3 is 3.00 bits per heavy atom. The molecule has 1 atom stereocenters. The highest BCUT2D eigenvalue weighted by molar-refractivity contribution is 5.81. The highest BCUT2D eigenvalue weighted by atomic mass is 16.6. The van der Waals surface area contributed by atoms with Crippen molar-refractivity contribution in [3.63, 3.8) is 0 Å². The molecule has 0 radical (unpaired) electrons. The number of nitrogens with two attached hydrogens (primary N) is 1. The normalized spacial score (nSPS) is 19.5. The van der Waals surface area contributed by atoms with Crippen molar-refractivity contribution in [1.29, 1.82) is 0 Å². The summed E-state index contributed by atoms with van der Waals surface area (Å²) in [6, 6.07) is 4.93. The molecule has 1 fully saturated rings. The lowest BCUT2D eigenvalue weighted by atomic mass is 10.1. The van der Waals surface area contributed by atoms with Crippen LogP contribution in [0.4, 0.5) is 11.6 Å². The van der Waals surface area contributed by atoms with Crippen molar-refractivity contribution in [3.05, 3.63) is 28.3 Å². The molecule has 106 valence electrons. The number of nitro groups is 1. The fourth-order valence-electron chi connectivity index (χ4n) is 2.76. The summed E-state index contributed by atoms with van der Waals surface area (Å²) in [5.74, 6) is 0.829. The number of non-ortho nitro benzene ring substituents is 1. The summed E-state index contributed by atoms with van der Waals surface area (Å²) in [6.07, 6.45) is 2.08. The lowest BCUT2D eigenvalue weighted by Crippen LogP contribution is -2.43. The summed E-state index contributed by atoms with van der Waals surface area (Å²) in [7, 11) is 1.93. The molecule has 1 aliphatic heterocycles. The smallest absolute Gasteiger partial charge is 0.271 e. The maximum Gasteiger partial charge on any atom is 0.271 e. The zero-order valence-electron chi connectivity index (χ0n) is 11.3. The second-order valence-electron chi connectivity index (χ2n) is 5.25. The van der Waals surface area contributed by atoms with E-state index in [9.17, 15) is 10.1 Å². The van der Waals surface area contributed by atoms with Crippen LogP contribution in [0.25, 0.3) is 11.0 Å². The van der Waals surface area contributed by atoms with Gasteiger partial charge in [0.2, 0.25) is 5.95 Å². The number of fused-ring (bicyclic) bond motifs is 1. The molecule has 0 saturated carbocycles. The van der Waals surface area contributed by atoms with Gasteiger partial charge in [0.15, 0.2) is 0 Å². The van der Waals surface area contributed by atoms with Gasteiger partial charge in [-0.2, -0.15) is 0 Å². The van der Waals surface area contributed by atoms with Gasteiger partial charge in [-0.15, -0.1) is 0 Å². The first-order chi connectivity index (χ1) is 9.56. The molecule has 20 heavy (non-hydrogen) atoms. The highest BCUT2D eigenvalue weighted by Crippen LogP contribution is 2.26. The molecule has 2 N–H and O–H groups in total. The van der Waals surface area contributed by atoms with Gasteiger partial charge in [-0.1, -0.05) is 0 Å². The minimum Gasteiger partial charge on any atom is -0.341 e. The molecule has 1 aromatic carbocycles. The summed E-state index contributed by atoms with van der Waals surface area (Å²) in [4.78, 5) is 17.1. The number of aryl methyl sites for hydroxylation is 1. The zero-order valence-corrected chi connectivity index (χ0v) is 11.3. The standard InChI is InChI=1S/C13H17N5O2/c1-16-12-5-4-10(18(19)20)7-11(12)15-13(16)17-6-2-3-9(14)8-17/h4-5,7,9H,2-3,6,8,14H2,1H3. The average molecular weight is 275 g/mol. The molecule has 3 rings (SSSR count). The topological polar surface area (TPSA) is 90.2 Å². The molecule has 1 unspecified atom stereocenters. The summed E-state index contributed by atoms with van der Waals surface area (Å²) < 4.78 is 1.97. The van der Waals surface area contributed by atoms with Crippen LogP contribution in [0.15, 0.2) is 18.2 Å². The minimum absolute atomic E-state index is 0.0671. The van der Waals surface area contributed by atoms with Gasteiger partial charge in [-0.25, -0.2) is 4.98 Å². The van der Waals surface area contributed by atoms with Crippen LogP contribution < -0.4 is 10.6 Å². The summed E-state index contributed by atoms with van der Waals surface area (Å²) in [6.45, 7) is 1.70. The third kappa shape index (κ3) is 2.09. The number of hydrogen-bond acceptors (Lipinski definition) is 5. The van der Waals surface area contributed by atoms with Crippen molar-refractivity contribution in [2.24, 2.45) is 12.8 Å². The maximum absolute atomic E-state index is 10.8. The Morgan fingerprint density at radius 2 is 2.30 bits per heavy atom. The molecule has 1 aromatic heterocycles. The number of rotatable bonds is 2. The predicted octanol–water partition coefficient (Wildman–Crippen LogP) is 1.41. The zero-order chi connectivity index (χ0) is 14.3. The molecule has 0 aliphatic carbocycles. The van der Waals surface area contributed by atoms with Gasteiger partial charge < -0.3 is 15.2 Å². The lowest BCUT2D eigenvalue weighted by molar-refractivity contribution is -0.384. The van der Waals surface area contributed by atoms with Crippen molar-refractivity contribution in [2.75, 3.05) is 18.0 Å². The number of anilines is 1. The quantitative estimate of drug-likeness (QED) is 0.661. The van der Waals surface area contributed by atoms with Crippen LogP contribution in [0.1, 0.15) is 12.8 Å². The van der Waals surface area contributed by atoms with Crippen molar-refractivity contribution < 1.29 is 4.92 Å². The van der Waals surface area contributed by atoms with Gasteiger partial charge in [-0.3, -0.25) is 10.1 Å². The number of imidazole rings is 1. The molecule has 2 heterocycles. The van der Waals surface area contributed by atoms with E-state index in [1.807, 2.05) is 11.6 Å². The third-order valence-electron chi connectivity index (χ3n) is 3.79. The molecule has 2 aromatic rings. The average Bonchev–Trinajstić information content (AvgIpc) is 2.75. The molecular weight excluding hydrogens is 258 g/mol. The number of nitrogens with zero attached hydrogens (tertiary/aromatic N) is 4. The molecular formula is C13H17N5O2. The van der Waals surface area contributed by atoms with Crippen LogP contribution in [0.2, 0.25) is 0 Å². The van der Waals surface area contributed by atoms with Crippen LogP contribution in [-0.4, -0.2) is 33.6 Å².